The second-order valence-electron chi connectivity index (χ2n) is 5.19. The van der Waals surface area contributed by atoms with Crippen molar-refractivity contribution >= 4 is 11.7 Å². The minimum absolute atomic E-state index is 0.120. The number of amides is 2. The Morgan fingerprint density at radius 3 is 2.27 bits per heavy atom. The van der Waals surface area contributed by atoms with E-state index in [0.29, 0.717) is 35.5 Å². The fourth-order valence-corrected chi connectivity index (χ4v) is 2.26. The van der Waals surface area contributed by atoms with Gasteiger partial charge in [-0.3, -0.25) is 0 Å². The number of nitrogens with one attached hydrogen (secondary N) is 2. The molecule has 140 valence electrons. The van der Waals surface area contributed by atoms with E-state index in [-0.39, 0.29) is 12.2 Å². The van der Waals surface area contributed by atoms with Crippen molar-refractivity contribution in [1.29, 1.82) is 0 Å². The van der Waals surface area contributed by atoms with Crippen molar-refractivity contribution in [2.75, 3.05) is 26.1 Å². The van der Waals surface area contributed by atoms with Crippen LogP contribution in [-0.2, 0) is 6.54 Å². The number of urea groups is 1. The third-order valence-corrected chi connectivity index (χ3v) is 3.44. The zero-order chi connectivity index (χ0) is 19.1. The summed E-state index contributed by atoms with van der Waals surface area (Å²) in [4.78, 5) is 11.9. The highest BCUT2D eigenvalue weighted by Gasteiger charge is 2.14. The van der Waals surface area contributed by atoms with Crippen molar-refractivity contribution in [1.82, 2.24) is 5.32 Å². The first-order chi connectivity index (χ1) is 12.5. The van der Waals surface area contributed by atoms with Gasteiger partial charge in [-0.15, -0.1) is 0 Å². The first-order valence-corrected chi connectivity index (χ1v) is 7.86. The van der Waals surface area contributed by atoms with Crippen LogP contribution in [-0.4, -0.2) is 26.9 Å². The third kappa shape index (κ3) is 4.75. The predicted octanol–water partition coefficient (Wildman–Crippen LogP) is 3.70. The summed E-state index contributed by atoms with van der Waals surface area (Å²) in [6, 6.07) is 5.66. The molecule has 0 saturated heterocycles. The average Bonchev–Trinajstić information content (AvgIpc) is 2.63. The van der Waals surface area contributed by atoms with Gasteiger partial charge in [-0.2, -0.15) is 0 Å². The van der Waals surface area contributed by atoms with Crippen LogP contribution in [0.3, 0.4) is 0 Å². The summed E-state index contributed by atoms with van der Waals surface area (Å²) >= 11 is 0. The summed E-state index contributed by atoms with van der Waals surface area (Å²) in [7, 11) is 3.00. The van der Waals surface area contributed by atoms with Gasteiger partial charge < -0.3 is 24.8 Å². The molecule has 0 bridgehead atoms. The molecule has 0 fully saturated rings. The summed E-state index contributed by atoms with van der Waals surface area (Å²) in [6.07, 6.45) is 0. The summed E-state index contributed by atoms with van der Waals surface area (Å²) in [5.74, 6) is -0.174. The number of rotatable bonds is 7. The molecule has 0 saturated carbocycles. The molecular formula is C18H20F2N2O4. The highest BCUT2D eigenvalue weighted by atomic mass is 19.1. The van der Waals surface area contributed by atoms with Gasteiger partial charge in [0.25, 0.3) is 0 Å². The highest BCUT2D eigenvalue weighted by molar-refractivity contribution is 5.89. The smallest absolute Gasteiger partial charge is 0.319 e. The molecule has 0 radical (unpaired) electrons. The number of methoxy groups -OCH3 is 2. The van der Waals surface area contributed by atoms with Crippen LogP contribution in [0.25, 0.3) is 0 Å². The van der Waals surface area contributed by atoms with Gasteiger partial charge in [-0.05, 0) is 36.8 Å². The van der Waals surface area contributed by atoms with Crippen molar-refractivity contribution < 1.29 is 27.8 Å². The largest absolute Gasteiger partial charge is 0.493 e. The van der Waals surface area contributed by atoms with Crippen LogP contribution in [0, 0.1) is 11.6 Å². The lowest BCUT2D eigenvalue weighted by Crippen LogP contribution is -2.28. The van der Waals surface area contributed by atoms with Crippen molar-refractivity contribution in [3.05, 3.63) is 47.5 Å². The molecule has 8 heteroatoms. The minimum atomic E-state index is -0.857. The van der Waals surface area contributed by atoms with E-state index in [2.05, 4.69) is 10.6 Å². The molecule has 0 aliphatic heterocycles. The Balaban J connectivity index is 2.07. The maximum absolute atomic E-state index is 13.6. The normalized spacial score (nSPS) is 10.2. The van der Waals surface area contributed by atoms with Crippen molar-refractivity contribution in [2.24, 2.45) is 0 Å². The molecule has 0 aliphatic carbocycles. The number of carbonyl (C=O) groups excluding carboxylic acids is 1. The minimum Gasteiger partial charge on any atom is -0.493 e. The van der Waals surface area contributed by atoms with E-state index in [4.69, 9.17) is 14.2 Å². The first-order valence-electron chi connectivity index (χ1n) is 7.86. The van der Waals surface area contributed by atoms with Gasteiger partial charge >= 0.3 is 6.03 Å². The van der Waals surface area contributed by atoms with Crippen molar-refractivity contribution in [3.63, 3.8) is 0 Å². The molecular weight excluding hydrogens is 346 g/mol. The Hall–Kier alpha value is -3.03. The van der Waals surface area contributed by atoms with Gasteiger partial charge in [0.1, 0.15) is 11.6 Å². The first kappa shape index (κ1) is 19.3. The molecule has 26 heavy (non-hydrogen) atoms. The lowest BCUT2D eigenvalue weighted by molar-refractivity contribution is 0.251. The second-order valence-corrected chi connectivity index (χ2v) is 5.19. The van der Waals surface area contributed by atoms with Crippen molar-refractivity contribution in [2.45, 2.75) is 13.5 Å². The van der Waals surface area contributed by atoms with E-state index >= 15 is 0 Å². The highest BCUT2D eigenvalue weighted by Crippen LogP contribution is 2.38. The molecule has 2 aromatic rings. The Morgan fingerprint density at radius 1 is 1.08 bits per heavy atom. The number of hydrogen-bond donors (Lipinski definition) is 2. The van der Waals surface area contributed by atoms with E-state index < -0.39 is 17.7 Å². The molecule has 0 unspecified atom stereocenters. The number of carbonyl (C=O) groups is 1. The van der Waals surface area contributed by atoms with Gasteiger partial charge in [0.15, 0.2) is 11.5 Å². The number of ether oxygens (including phenoxy) is 3. The monoisotopic (exact) mass is 366 g/mol. The quantitative estimate of drug-likeness (QED) is 0.784. The van der Waals surface area contributed by atoms with Crippen LogP contribution in [0.2, 0.25) is 0 Å². The summed E-state index contributed by atoms with van der Waals surface area (Å²) in [5.41, 5.74) is 0.572. The van der Waals surface area contributed by atoms with Gasteiger partial charge in [0.2, 0.25) is 5.75 Å². The standard InChI is InChI=1S/C18H20F2N2O4/c1-4-26-17-15(24-2)7-11(8-16(17)25-3)10-21-18(23)22-14-6-5-12(19)9-13(14)20/h5-9H,4,10H2,1-3H3,(H2,21,22,23). The average molecular weight is 366 g/mol. The fourth-order valence-electron chi connectivity index (χ4n) is 2.26. The number of halogens is 2. The van der Waals surface area contributed by atoms with Crippen LogP contribution < -0.4 is 24.8 Å². The predicted molar refractivity (Wildman–Crippen MR) is 92.9 cm³/mol. The second kappa shape index (κ2) is 8.89. The molecule has 2 aromatic carbocycles. The SMILES string of the molecule is CCOc1c(OC)cc(CNC(=O)Nc2ccc(F)cc2F)cc1OC. The molecule has 2 rings (SSSR count). The Bertz CT molecular complexity index is 759. The van der Waals surface area contributed by atoms with E-state index in [0.717, 1.165) is 12.1 Å². The summed E-state index contributed by atoms with van der Waals surface area (Å²) in [5, 5.41) is 4.90. The van der Waals surface area contributed by atoms with Crippen molar-refractivity contribution in [3.8, 4) is 17.2 Å². The molecule has 2 N–H and O–H groups in total. The zero-order valence-electron chi connectivity index (χ0n) is 14.7. The molecule has 6 nitrogen and oxygen atoms in total. The van der Waals surface area contributed by atoms with E-state index in [1.54, 1.807) is 12.1 Å². The topological polar surface area (TPSA) is 68.8 Å². The lowest BCUT2D eigenvalue weighted by atomic mass is 10.2. The maximum atomic E-state index is 13.6. The molecule has 0 aliphatic rings. The van der Waals surface area contributed by atoms with E-state index in [1.165, 1.54) is 14.2 Å². The summed E-state index contributed by atoms with van der Waals surface area (Å²) < 4.78 is 42.5. The Kier molecular flexibility index (Phi) is 6.60. The van der Waals surface area contributed by atoms with Gasteiger partial charge in [-0.25, -0.2) is 13.6 Å². The van der Waals surface area contributed by atoms with Crippen LogP contribution in [0.4, 0.5) is 19.3 Å². The number of hydrogen-bond acceptors (Lipinski definition) is 4. The van der Waals surface area contributed by atoms with Crippen LogP contribution >= 0.6 is 0 Å². The summed E-state index contributed by atoms with van der Waals surface area (Å²) in [6.45, 7) is 2.41. The lowest BCUT2D eigenvalue weighted by Gasteiger charge is -2.15. The van der Waals surface area contributed by atoms with Crippen LogP contribution in [0.5, 0.6) is 17.2 Å². The molecule has 0 spiro atoms. The zero-order valence-corrected chi connectivity index (χ0v) is 14.7. The van der Waals surface area contributed by atoms with E-state index in [1.807, 2.05) is 6.92 Å². The Morgan fingerprint density at radius 2 is 1.73 bits per heavy atom. The van der Waals surface area contributed by atoms with Gasteiger partial charge in [0.05, 0.1) is 26.5 Å². The maximum Gasteiger partial charge on any atom is 0.319 e. The number of anilines is 1. The van der Waals surface area contributed by atoms with Crippen LogP contribution in [0.1, 0.15) is 12.5 Å². The van der Waals surface area contributed by atoms with E-state index in [9.17, 15) is 13.6 Å². The number of benzene rings is 2. The van der Waals surface area contributed by atoms with Gasteiger partial charge in [0, 0.05) is 12.6 Å². The van der Waals surface area contributed by atoms with Crippen LogP contribution in [0.15, 0.2) is 30.3 Å². The van der Waals surface area contributed by atoms with Gasteiger partial charge in [-0.1, -0.05) is 0 Å². The molecule has 0 aromatic heterocycles. The third-order valence-electron chi connectivity index (χ3n) is 3.44. The molecule has 0 atom stereocenters. The molecule has 2 amide bonds. The molecule has 0 heterocycles. The fraction of sp³-hybridized carbons (Fsp3) is 0.278. The Labute approximate surface area is 150 Å².